The number of hydrogen-bond acceptors (Lipinski definition) is 5. The minimum atomic E-state index is -5.01. The molecule has 0 unspecified atom stereocenters. The summed E-state index contributed by atoms with van der Waals surface area (Å²) in [6, 6.07) is 15.3. The fourth-order valence-electron chi connectivity index (χ4n) is 3.70. The molecule has 0 fully saturated rings. The van der Waals surface area contributed by atoms with Crippen LogP contribution in [-0.2, 0) is 11.0 Å². The van der Waals surface area contributed by atoms with Crippen molar-refractivity contribution in [1.29, 1.82) is 0 Å². The predicted octanol–water partition coefficient (Wildman–Crippen LogP) is 7.71. The molecule has 1 heterocycles. The van der Waals surface area contributed by atoms with Gasteiger partial charge in [0, 0.05) is 16.8 Å². The van der Waals surface area contributed by atoms with Crippen molar-refractivity contribution in [2.45, 2.75) is 32.9 Å². The van der Waals surface area contributed by atoms with Crippen molar-refractivity contribution in [2.75, 3.05) is 11.9 Å². The summed E-state index contributed by atoms with van der Waals surface area (Å²) in [6.45, 7) is 5.08. The molecule has 1 amide bonds. The summed E-state index contributed by atoms with van der Waals surface area (Å²) in [6.07, 6.45) is -5.01. The number of para-hydroxylation sites is 1. The van der Waals surface area contributed by atoms with Gasteiger partial charge in [-0.3, -0.25) is 9.59 Å². The van der Waals surface area contributed by atoms with Crippen LogP contribution in [0, 0.1) is 6.92 Å². The van der Waals surface area contributed by atoms with E-state index >= 15 is 0 Å². The van der Waals surface area contributed by atoms with Gasteiger partial charge in [-0.2, -0.15) is 13.2 Å². The second-order valence-electron chi connectivity index (χ2n) is 8.84. The summed E-state index contributed by atoms with van der Waals surface area (Å²) in [5, 5.41) is 2.95. The Kier molecular flexibility index (Phi) is 7.68. The molecule has 38 heavy (non-hydrogen) atoms. The quantitative estimate of drug-likeness (QED) is 0.257. The van der Waals surface area contributed by atoms with Crippen molar-refractivity contribution in [3.63, 3.8) is 0 Å². The number of hydrogen-bond donors (Lipinski definition) is 1. The van der Waals surface area contributed by atoms with Crippen LogP contribution in [0.5, 0.6) is 17.2 Å². The smallest absolute Gasteiger partial charge is 0.453 e. The molecule has 0 saturated carbocycles. The first-order valence-corrected chi connectivity index (χ1v) is 12.0. The Morgan fingerprint density at radius 1 is 1.08 bits per heavy atom. The summed E-state index contributed by atoms with van der Waals surface area (Å²) >= 11 is 6.05. The van der Waals surface area contributed by atoms with Crippen LogP contribution in [0.4, 0.5) is 18.9 Å². The SMILES string of the molecule is Cc1ccc(NC(=O)COc2ccc3c(=O)c(Oc4ccccc4C(C)C)c(C(F)(F)F)oc3c2)cc1Cl. The molecule has 1 N–H and O–H groups in total. The first-order chi connectivity index (χ1) is 17.9. The maximum Gasteiger partial charge on any atom is 0.453 e. The van der Waals surface area contributed by atoms with E-state index in [9.17, 15) is 22.8 Å². The molecule has 0 spiro atoms. The molecule has 0 aliphatic rings. The van der Waals surface area contributed by atoms with Crippen LogP contribution in [0.3, 0.4) is 0 Å². The molecule has 4 rings (SSSR count). The topological polar surface area (TPSA) is 77.8 Å². The van der Waals surface area contributed by atoms with Gasteiger partial charge in [0.05, 0.1) is 5.39 Å². The number of carbonyl (C=O) groups excluding carboxylic acids is 1. The number of nitrogens with one attached hydrogen (secondary N) is 1. The molecule has 0 aliphatic carbocycles. The average Bonchev–Trinajstić information content (AvgIpc) is 2.86. The van der Waals surface area contributed by atoms with Gasteiger partial charge in [0.25, 0.3) is 11.7 Å². The molecule has 3 aromatic carbocycles. The highest BCUT2D eigenvalue weighted by Crippen LogP contribution is 2.40. The monoisotopic (exact) mass is 545 g/mol. The van der Waals surface area contributed by atoms with Crippen LogP contribution < -0.4 is 20.2 Å². The maximum atomic E-state index is 13.9. The van der Waals surface area contributed by atoms with Gasteiger partial charge in [-0.1, -0.05) is 49.7 Å². The number of benzene rings is 3. The van der Waals surface area contributed by atoms with Crippen LogP contribution >= 0.6 is 11.6 Å². The zero-order chi connectivity index (χ0) is 27.6. The standard InChI is InChI=1S/C28H23ClF3NO5/c1-15(2)19-6-4-5-7-22(19)37-26-25(35)20-11-10-18(13-23(20)38-27(26)28(30,31)32)36-14-24(34)33-17-9-8-16(3)21(29)12-17/h4-13,15H,14H2,1-3H3,(H,33,34). The van der Waals surface area contributed by atoms with Gasteiger partial charge in [0.1, 0.15) is 17.1 Å². The van der Waals surface area contributed by atoms with Gasteiger partial charge in [-0.15, -0.1) is 0 Å². The van der Waals surface area contributed by atoms with Crippen molar-refractivity contribution in [1.82, 2.24) is 0 Å². The first kappa shape index (κ1) is 27.1. The van der Waals surface area contributed by atoms with Gasteiger partial charge >= 0.3 is 6.18 Å². The number of aryl methyl sites for hydroxylation is 1. The third-order valence-corrected chi connectivity index (χ3v) is 6.07. The summed E-state index contributed by atoms with van der Waals surface area (Å²) in [7, 11) is 0. The molecule has 6 nitrogen and oxygen atoms in total. The van der Waals surface area contributed by atoms with Crippen molar-refractivity contribution in [3.05, 3.63) is 92.8 Å². The maximum absolute atomic E-state index is 13.9. The highest BCUT2D eigenvalue weighted by atomic mass is 35.5. The van der Waals surface area contributed by atoms with E-state index in [1.54, 1.807) is 36.4 Å². The Balaban J connectivity index is 1.62. The number of ether oxygens (including phenoxy) is 2. The van der Waals surface area contributed by atoms with Crippen molar-refractivity contribution >= 4 is 34.2 Å². The van der Waals surface area contributed by atoms with Crippen LogP contribution in [0.2, 0.25) is 5.02 Å². The number of rotatable bonds is 7. The number of fused-ring (bicyclic) bond motifs is 1. The lowest BCUT2D eigenvalue weighted by Crippen LogP contribution is -2.20. The molecular weight excluding hydrogens is 523 g/mol. The van der Waals surface area contributed by atoms with Gasteiger partial charge < -0.3 is 19.2 Å². The number of anilines is 1. The van der Waals surface area contributed by atoms with E-state index < -0.39 is 35.6 Å². The van der Waals surface area contributed by atoms with Crippen molar-refractivity contribution < 1.29 is 31.9 Å². The lowest BCUT2D eigenvalue weighted by atomic mass is 10.0. The zero-order valence-corrected chi connectivity index (χ0v) is 21.4. The van der Waals surface area contributed by atoms with E-state index in [4.69, 9.17) is 25.5 Å². The zero-order valence-electron chi connectivity index (χ0n) is 20.6. The lowest BCUT2D eigenvalue weighted by molar-refractivity contribution is -0.154. The highest BCUT2D eigenvalue weighted by molar-refractivity contribution is 6.31. The molecule has 0 saturated heterocycles. The van der Waals surface area contributed by atoms with Crippen LogP contribution in [-0.4, -0.2) is 12.5 Å². The molecule has 10 heteroatoms. The Hall–Kier alpha value is -3.98. The fraction of sp³-hybridized carbons (Fsp3) is 0.214. The minimum Gasteiger partial charge on any atom is -0.484 e. The molecule has 1 aromatic heterocycles. The van der Waals surface area contributed by atoms with Gasteiger partial charge in [0.2, 0.25) is 11.2 Å². The summed E-state index contributed by atoms with van der Waals surface area (Å²) in [5.41, 5.74) is 0.581. The summed E-state index contributed by atoms with van der Waals surface area (Å²) in [4.78, 5) is 25.4. The molecule has 0 bridgehead atoms. The second-order valence-corrected chi connectivity index (χ2v) is 9.25. The Labute approximate surface area is 220 Å². The Bertz CT molecular complexity index is 1560. The molecule has 4 aromatic rings. The van der Waals surface area contributed by atoms with E-state index in [-0.39, 0.29) is 28.4 Å². The first-order valence-electron chi connectivity index (χ1n) is 11.6. The largest absolute Gasteiger partial charge is 0.484 e. The highest BCUT2D eigenvalue weighted by Gasteiger charge is 2.40. The molecule has 198 valence electrons. The number of amides is 1. The van der Waals surface area contributed by atoms with E-state index in [0.29, 0.717) is 16.3 Å². The van der Waals surface area contributed by atoms with E-state index in [0.717, 1.165) is 11.6 Å². The molecule has 0 radical (unpaired) electrons. The Morgan fingerprint density at radius 2 is 1.82 bits per heavy atom. The number of halogens is 4. The fourth-order valence-corrected chi connectivity index (χ4v) is 3.88. The number of carbonyl (C=O) groups is 1. The van der Waals surface area contributed by atoms with E-state index in [1.807, 2.05) is 20.8 Å². The van der Waals surface area contributed by atoms with Gasteiger partial charge in [0.15, 0.2) is 6.61 Å². The van der Waals surface area contributed by atoms with Crippen LogP contribution in [0.15, 0.2) is 69.9 Å². The normalized spacial score (nSPS) is 11.6. The second kappa shape index (κ2) is 10.8. The summed E-state index contributed by atoms with van der Waals surface area (Å²) in [5.74, 6) is -2.95. The van der Waals surface area contributed by atoms with E-state index in [2.05, 4.69) is 5.32 Å². The molecular formula is C28H23ClF3NO5. The average molecular weight is 546 g/mol. The van der Waals surface area contributed by atoms with Gasteiger partial charge in [-0.25, -0.2) is 0 Å². The predicted molar refractivity (Wildman–Crippen MR) is 138 cm³/mol. The van der Waals surface area contributed by atoms with Crippen molar-refractivity contribution in [3.8, 4) is 17.2 Å². The third-order valence-electron chi connectivity index (χ3n) is 5.66. The van der Waals surface area contributed by atoms with Crippen LogP contribution in [0.25, 0.3) is 11.0 Å². The molecule has 0 aliphatic heterocycles. The summed E-state index contributed by atoms with van der Waals surface area (Å²) < 4.78 is 57.9. The lowest BCUT2D eigenvalue weighted by Gasteiger charge is -2.16. The molecule has 0 atom stereocenters. The minimum absolute atomic E-state index is 0.0321. The van der Waals surface area contributed by atoms with E-state index in [1.165, 1.54) is 18.2 Å². The van der Waals surface area contributed by atoms with Crippen molar-refractivity contribution in [2.24, 2.45) is 0 Å². The van der Waals surface area contributed by atoms with Gasteiger partial charge in [-0.05, 0) is 54.3 Å². The van der Waals surface area contributed by atoms with Crippen LogP contribution in [0.1, 0.15) is 36.7 Å². The number of alkyl halides is 3. The Morgan fingerprint density at radius 3 is 2.50 bits per heavy atom. The third kappa shape index (κ3) is 5.94.